The first kappa shape index (κ1) is 13.2. The second-order valence-corrected chi connectivity index (χ2v) is 4.32. The molecule has 0 fully saturated rings. The van der Waals surface area contributed by atoms with Crippen molar-refractivity contribution in [1.82, 2.24) is 5.32 Å². The SMILES string of the molecule is CCCCCCNCc1ccc(F)c(C)c1. The smallest absolute Gasteiger partial charge is 0.126 e. The Balaban J connectivity index is 2.19. The van der Waals surface area contributed by atoms with Crippen molar-refractivity contribution >= 4 is 0 Å². The Morgan fingerprint density at radius 2 is 2.00 bits per heavy atom. The number of aryl methyl sites for hydroxylation is 1. The Labute approximate surface area is 98.1 Å². The van der Waals surface area contributed by atoms with Gasteiger partial charge in [0, 0.05) is 6.54 Å². The molecule has 0 aliphatic rings. The van der Waals surface area contributed by atoms with Crippen molar-refractivity contribution in [2.45, 2.75) is 46.1 Å². The molecule has 90 valence electrons. The number of hydrogen-bond acceptors (Lipinski definition) is 1. The lowest BCUT2D eigenvalue weighted by molar-refractivity contribution is 0.594. The van der Waals surface area contributed by atoms with Crippen LogP contribution in [0.15, 0.2) is 18.2 Å². The number of unbranched alkanes of at least 4 members (excludes halogenated alkanes) is 3. The lowest BCUT2D eigenvalue weighted by atomic mass is 10.1. The molecule has 0 aromatic heterocycles. The van der Waals surface area contributed by atoms with Crippen LogP contribution in [0.2, 0.25) is 0 Å². The molecule has 2 heteroatoms. The van der Waals surface area contributed by atoms with Gasteiger partial charge in [-0.25, -0.2) is 4.39 Å². The molecule has 0 saturated carbocycles. The third kappa shape index (κ3) is 4.75. The summed E-state index contributed by atoms with van der Waals surface area (Å²) in [6.45, 7) is 5.92. The van der Waals surface area contributed by atoms with Crippen LogP contribution >= 0.6 is 0 Å². The predicted molar refractivity (Wildman–Crippen MR) is 67.0 cm³/mol. The summed E-state index contributed by atoms with van der Waals surface area (Å²) in [7, 11) is 0. The zero-order valence-corrected chi connectivity index (χ0v) is 10.4. The highest BCUT2D eigenvalue weighted by Gasteiger charge is 1.98. The first-order valence-electron chi connectivity index (χ1n) is 6.19. The van der Waals surface area contributed by atoms with Gasteiger partial charge in [-0.15, -0.1) is 0 Å². The second kappa shape index (κ2) is 7.39. The van der Waals surface area contributed by atoms with Gasteiger partial charge in [0.25, 0.3) is 0 Å². The van der Waals surface area contributed by atoms with Gasteiger partial charge in [0.05, 0.1) is 0 Å². The highest BCUT2D eigenvalue weighted by molar-refractivity contribution is 5.23. The number of halogens is 1. The van der Waals surface area contributed by atoms with Crippen LogP contribution in [-0.2, 0) is 6.54 Å². The van der Waals surface area contributed by atoms with Gasteiger partial charge >= 0.3 is 0 Å². The van der Waals surface area contributed by atoms with Gasteiger partial charge in [-0.1, -0.05) is 38.3 Å². The average molecular weight is 223 g/mol. The van der Waals surface area contributed by atoms with Crippen LogP contribution in [0, 0.1) is 12.7 Å². The molecule has 1 aromatic rings. The van der Waals surface area contributed by atoms with Gasteiger partial charge in [0.1, 0.15) is 5.82 Å². The summed E-state index contributed by atoms with van der Waals surface area (Å²) in [5.41, 5.74) is 1.89. The summed E-state index contributed by atoms with van der Waals surface area (Å²) >= 11 is 0. The standard InChI is InChI=1S/C14H22FN/c1-3-4-5-6-9-16-11-13-7-8-14(15)12(2)10-13/h7-8,10,16H,3-6,9,11H2,1-2H3. The highest BCUT2D eigenvalue weighted by atomic mass is 19.1. The van der Waals surface area contributed by atoms with Gasteiger partial charge in [0.2, 0.25) is 0 Å². The predicted octanol–water partition coefficient (Wildman–Crippen LogP) is 3.80. The van der Waals surface area contributed by atoms with E-state index in [2.05, 4.69) is 12.2 Å². The molecular formula is C14H22FN. The van der Waals surface area contributed by atoms with Crippen LogP contribution in [0.4, 0.5) is 4.39 Å². The topological polar surface area (TPSA) is 12.0 Å². The maximum absolute atomic E-state index is 13.0. The Kier molecular flexibility index (Phi) is 6.09. The zero-order valence-electron chi connectivity index (χ0n) is 10.4. The van der Waals surface area contributed by atoms with Crippen molar-refractivity contribution in [3.05, 3.63) is 35.1 Å². The minimum absolute atomic E-state index is 0.119. The first-order chi connectivity index (χ1) is 7.74. The van der Waals surface area contributed by atoms with Gasteiger partial charge in [-0.05, 0) is 37.1 Å². The van der Waals surface area contributed by atoms with Crippen molar-refractivity contribution in [2.24, 2.45) is 0 Å². The van der Waals surface area contributed by atoms with E-state index < -0.39 is 0 Å². The van der Waals surface area contributed by atoms with Crippen molar-refractivity contribution in [3.63, 3.8) is 0 Å². The number of nitrogens with one attached hydrogen (secondary N) is 1. The highest BCUT2D eigenvalue weighted by Crippen LogP contribution is 2.08. The summed E-state index contributed by atoms with van der Waals surface area (Å²) < 4.78 is 13.0. The number of benzene rings is 1. The summed E-state index contributed by atoms with van der Waals surface area (Å²) in [4.78, 5) is 0. The molecule has 1 aromatic carbocycles. The molecule has 0 bridgehead atoms. The molecule has 0 saturated heterocycles. The second-order valence-electron chi connectivity index (χ2n) is 4.32. The largest absolute Gasteiger partial charge is 0.313 e. The Bertz CT molecular complexity index is 310. The van der Waals surface area contributed by atoms with E-state index in [9.17, 15) is 4.39 Å². The van der Waals surface area contributed by atoms with Crippen LogP contribution < -0.4 is 5.32 Å². The summed E-state index contributed by atoms with van der Waals surface area (Å²) in [6.07, 6.45) is 5.12. The van der Waals surface area contributed by atoms with Crippen LogP contribution in [0.5, 0.6) is 0 Å². The lowest BCUT2D eigenvalue weighted by Crippen LogP contribution is -2.14. The van der Waals surface area contributed by atoms with E-state index in [1.54, 1.807) is 13.0 Å². The van der Waals surface area contributed by atoms with Crippen LogP contribution in [0.25, 0.3) is 0 Å². The molecule has 0 heterocycles. The van der Waals surface area contributed by atoms with E-state index in [0.717, 1.165) is 24.2 Å². The third-order valence-corrected chi connectivity index (χ3v) is 2.76. The Hall–Kier alpha value is -0.890. The summed E-state index contributed by atoms with van der Waals surface area (Å²) in [6, 6.07) is 5.30. The quantitative estimate of drug-likeness (QED) is 0.693. The molecule has 1 rings (SSSR count). The van der Waals surface area contributed by atoms with Crippen LogP contribution in [0.3, 0.4) is 0 Å². The molecule has 1 N–H and O–H groups in total. The molecule has 16 heavy (non-hydrogen) atoms. The Morgan fingerprint density at radius 1 is 1.19 bits per heavy atom. The van der Waals surface area contributed by atoms with E-state index in [-0.39, 0.29) is 5.82 Å². The summed E-state index contributed by atoms with van der Waals surface area (Å²) in [5.74, 6) is -0.119. The fourth-order valence-electron chi connectivity index (χ4n) is 1.73. The molecule has 1 nitrogen and oxygen atoms in total. The fraction of sp³-hybridized carbons (Fsp3) is 0.571. The van der Waals surface area contributed by atoms with Crippen molar-refractivity contribution in [3.8, 4) is 0 Å². The molecule has 0 spiro atoms. The molecule has 0 radical (unpaired) electrons. The molecule has 0 aliphatic carbocycles. The maximum Gasteiger partial charge on any atom is 0.126 e. The van der Waals surface area contributed by atoms with Crippen molar-refractivity contribution < 1.29 is 4.39 Å². The molecular weight excluding hydrogens is 201 g/mol. The van der Waals surface area contributed by atoms with Crippen molar-refractivity contribution in [2.75, 3.05) is 6.54 Å². The third-order valence-electron chi connectivity index (χ3n) is 2.76. The minimum atomic E-state index is -0.119. The van der Waals surface area contributed by atoms with Gasteiger partial charge in [-0.2, -0.15) is 0 Å². The van der Waals surface area contributed by atoms with E-state index in [4.69, 9.17) is 0 Å². The average Bonchev–Trinajstić information content (AvgIpc) is 2.28. The monoisotopic (exact) mass is 223 g/mol. The van der Waals surface area contributed by atoms with Crippen molar-refractivity contribution in [1.29, 1.82) is 0 Å². The van der Waals surface area contributed by atoms with E-state index in [1.165, 1.54) is 25.7 Å². The molecule has 0 aliphatic heterocycles. The molecule has 0 amide bonds. The van der Waals surface area contributed by atoms with Gasteiger partial charge < -0.3 is 5.32 Å². The zero-order chi connectivity index (χ0) is 11.8. The molecule has 0 unspecified atom stereocenters. The van der Waals surface area contributed by atoms with Gasteiger partial charge in [-0.3, -0.25) is 0 Å². The number of hydrogen-bond donors (Lipinski definition) is 1. The van der Waals surface area contributed by atoms with Crippen LogP contribution in [-0.4, -0.2) is 6.54 Å². The van der Waals surface area contributed by atoms with Gasteiger partial charge in [0.15, 0.2) is 0 Å². The molecule has 0 atom stereocenters. The summed E-state index contributed by atoms with van der Waals surface area (Å²) in [5, 5.41) is 3.38. The number of rotatable bonds is 7. The maximum atomic E-state index is 13.0. The minimum Gasteiger partial charge on any atom is -0.313 e. The lowest BCUT2D eigenvalue weighted by Gasteiger charge is -2.06. The normalized spacial score (nSPS) is 10.7. The van der Waals surface area contributed by atoms with E-state index >= 15 is 0 Å². The first-order valence-corrected chi connectivity index (χ1v) is 6.19. The van der Waals surface area contributed by atoms with E-state index in [0.29, 0.717) is 0 Å². The fourth-order valence-corrected chi connectivity index (χ4v) is 1.73. The van der Waals surface area contributed by atoms with Crippen LogP contribution in [0.1, 0.15) is 43.7 Å². The Morgan fingerprint density at radius 3 is 2.69 bits per heavy atom. The van der Waals surface area contributed by atoms with E-state index in [1.807, 2.05) is 12.1 Å².